The summed E-state index contributed by atoms with van der Waals surface area (Å²) in [6.07, 6.45) is -3.60. The van der Waals surface area contributed by atoms with Gasteiger partial charge < -0.3 is 15.1 Å². The van der Waals surface area contributed by atoms with Crippen LogP contribution in [0.4, 0.5) is 28.9 Å². The predicted molar refractivity (Wildman–Crippen MR) is 124 cm³/mol. The van der Waals surface area contributed by atoms with Crippen molar-refractivity contribution >= 4 is 34.2 Å². The van der Waals surface area contributed by atoms with Crippen LogP contribution in [-0.2, 0) is 17.4 Å². The molecule has 0 aliphatic carbocycles. The molecule has 0 spiro atoms. The number of alkyl halides is 3. The van der Waals surface area contributed by atoms with E-state index in [4.69, 9.17) is 4.42 Å². The topological polar surface area (TPSA) is 71.3 Å². The van der Waals surface area contributed by atoms with Crippen LogP contribution in [0.2, 0.25) is 0 Å². The molecule has 0 fully saturated rings. The molecule has 3 aromatic carbocycles. The molecule has 2 amide bonds. The molecule has 9 heteroatoms. The van der Waals surface area contributed by atoms with Crippen molar-refractivity contribution in [1.82, 2.24) is 0 Å². The van der Waals surface area contributed by atoms with E-state index in [9.17, 15) is 27.2 Å². The van der Waals surface area contributed by atoms with Crippen LogP contribution in [0.1, 0.15) is 32.6 Å². The number of fused-ring (bicyclic) bond motifs is 1. The summed E-state index contributed by atoms with van der Waals surface area (Å²) in [6.45, 7) is 3.80. The molecule has 35 heavy (non-hydrogen) atoms. The Morgan fingerprint density at radius 3 is 2.43 bits per heavy atom. The van der Waals surface area contributed by atoms with Gasteiger partial charge in [-0.25, -0.2) is 4.39 Å². The van der Waals surface area contributed by atoms with Gasteiger partial charge in [0, 0.05) is 16.6 Å². The van der Waals surface area contributed by atoms with Gasteiger partial charge in [-0.05, 0) is 55.3 Å². The molecule has 0 atom stereocenters. The minimum Gasteiger partial charge on any atom is -0.464 e. The monoisotopic (exact) mass is 484 g/mol. The lowest BCUT2D eigenvalue weighted by molar-refractivity contribution is -0.136. The number of furan rings is 1. The number of rotatable bonds is 5. The minimum atomic E-state index is -4.82. The Morgan fingerprint density at radius 2 is 1.71 bits per heavy atom. The summed E-state index contributed by atoms with van der Waals surface area (Å²) in [4.78, 5) is 24.9. The zero-order valence-electron chi connectivity index (χ0n) is 18.7. The van der Waals surface area contributed by atoms with Gasteiger partial charge in [-0.3, -0.25) is 9.59 Å². The molecule has 1 aromatic heterocycles. The molecular formula is C26H20F4N2O3. The Balaban J connectivity index is 1.55. The number of benzene rings is 3. The van der Waals surface area contributed by atoms with Crippen LogP contribution in [0.25, 0.3) is 11.0 Å². The van der Waals surface area contributed by atoms with Crippen molar-refractivity contribution in [3.05, 3.63) is 94.5 Å². The Labute approximate surface area is 197 Å². The second kappa shape index (κ2) is 9.25. The predicted octanol–water partition coefficient (Wildman–Crippen LogP) is 6.64. The normalized spacial score (nSPS) is 11.5. The number of hydrogen-bond acceptors (Lipinski definition) is 3. The van der Waals surface area contributed by atoms with E-state index < -0.39 is 35.1 Å². The van der Waals surface area contributed by atoms with Gasteiger partial charge in [-0.2, -0.15) is 13.2 Å². The van der Waals surface area contributed by atoms with Crippen molar-refractivity contribution in [2.24, 2.45) is 0 Å². The third kappa shape index (κ3) is 5.03. The van der Waals surface area contributed by atoms with E-state index in [1.165, 1.54) is 30.5 Å². The summed E-state index contributed by atoms with van der Waals surface area (Å²) in [7, 11) is 0. The number of amides is 2. The van der Waals surface area contributed by atoms with Gasteiger partial charge in [-0.15, -0.1) is 0 Å². The second-order valence-corrected chi connectivity index (χ2v) is 8.06. The fourth-order valence-electron chi connectivity index (χ4n) is 3.70. The number of halogens is 4. The molecule has 4 aromatic rings. The van der Waals surface area contributed by atoms with Gasteiger partial charge in [0.05, 0.1) is 29.5 Å². The lowest BCUT2D eigenvalue weighted by Gasteiger charge is -2.16. The molecule has 0 saturated carbocycles. The second-order valence-electron chi connectivity index (χ2n) is 8.06. The molecule has 4 rings (SSSR count). The maximum atomic E-state index is 13.8. The lowest BCUT2D eigenvalue weighted by Crippen LogP contribution is -2.19. The highest BCUT2D eigenvalue weighted by Crippen LogP contribution is 2.37. The highest BCUT2D eigenvalue weighted by Gasteiger charge is 2.34. The van der Waals surface area contributed by atoms with Crippen LogP contribution in [0.15, 0.2) is 65.3 Å². The highest BCUT2D eigenvalue weighted by molar-refractivity contribution is 6.05. The Morgan fingerprint density at radius 1 is 0.971 bits per heavy atom. The number of carbonyl (C=O) groups excluding carboxylic acids is 2. The van der Waals surface area contributed by atoms with Crippen LogP contribution in [0, 0.1) is 19.7 Å². The fraction of sp³-hybridized carbons (Fsp3) is 0.154. The summed E-state index contributed by atoms with van der Waals surface area (Å²) in [5, 5.41) is 5.26. The summed E-state index contributed by atoms with van der Waals surface area (Å²) < 4.78 is 60.6. The summed E-state index contributed by atoms with van der Waals surface area (Å²) >= 11 is 0. The van der Waals surface area contributed by atoms with E-state index in [0.717, 1.165) is 23.3 Å². The van der Waals surface area contributed by atoms with Crippen LogP contribution in [0.3, 0.4) is 0 Å². The first kappa shape index (κ1) is 24.0. The van der Waals surface area contributed by atoms with E-state index in [2.05, 4.69) is 10.6 Å². The van der Waals surface area contributed by atoms with Crippen LogP contribution in [0.5, 0.6) is 0 Å². The van der Waals surface area contributed by atoms with Gasteiger partial charge in [0.25, 0.3) is 5.91 Å². The van der Waals surface area contributed by atoms with Gasteiger partial charge >= 0.3 is 6.18 Å². The van der Waals surface area contributed by atoms with E-state index >= 15 is 0 Å². The third-order valence-corrected chi connectivity index (χ3v) is 5.67. The van der Waals surface area contributed by atoms with E-state index in [1.54, 1.807) is 6.07 Å². The van der Waals surface area contributed by atoms with E-state index in [-0.39, 0.29) is 17.7 Å². The van der Waals surface area contributed by atoms with Crippen molar-refractivity contribution < 1.29 is 31.6 Å². The standard InChI is InChI=1S/C26H20F4N2O3/c1-14-7-9-18-16(13-35-24(18)15(14)2)11-23(33)32-22-10-8-17(12-20(22)26(28,29)30)31-25(34)19-5-3-4-6-21(19)27/h3-10,12-13H,11H2,1-2H3,(H,31,34)(H,32,33). The summed E-state index contributed by atoms with van der Waals surface area (Å²) in [5.74, 6) is -2.37. The smallest absolute Gasteiger partial charge is 0.418 e. The van der Waals surface area contributed by atoms with Crippen LogP contribution in [-0.4, -0.2) is 11.8 Å². The summed E-state index contributed by atoms with van der Waals surface area (Å²) in [5.41, 5.74) is 0.974. The zero-order valence-corrected chi connectivity index (χ0v) is 18.7. The van der Waals surface area contributed by atoms with E-state index in [1.807, 2.05) is 19.9 Å². The molecule has 180 valence electrons. The fourth-order valence-corrected chi connectivity index (χ4v) is 3.70. The third-order valence-electron chi connectivity index (χ3n) is 5.67. The van der Waals surface area contributed by atoms with Gasteiger partial charge in [0.15, 0.2) is 0 Å². The van der Waals surface area contributed by atoms with Crippen LogP contribution >= 0.6 is 0 Å². The van der Waals surface area contributed by atoms with Gasteiger partial charge in [0.1, 0.15) is 11.4 Å². The summed E-state index contributed by atoms with van der Waals surface area (Å²) in [6, 6.07) is 11.7. The minimum absolute atomic E-state index is 0.196. The number of nitrogens with one attached hydrogen (secondary N) is 2. The molecule has 0 saturated heterocycles. The van der Waals surface area contributed by atoms with Crippen molar-refractivity contribution in [2.75, 3.05) is 10.6 Å². The number of anilines is 2. The molecule has 5 nitrogen and oxygen atoms in total. The lowest BCUT2D eigenvalue weighted by atomic mass is 10.0. The zero-order chi connectivity index (χ0) is 25.3. The molecule has 0 aliphatic heterocycles. The molecular weight excluding hydrogens is 464 g/mol. The first-order chi connectivity index (χ1) is 16.5. The maximum absolute atomic E-state index is 13.8. The molecule has 0 radical (unpaired) electrons. The molecule has 0 bridgehead atoms. The molecule has 0 aliphatic rings. The Bertz CT molecular complexity index is 1440. The molecule has 1 heterocycles. The first-order valence-electron chi connectivity index (χ1n) is 10.6. The van der Waals surface area contributed by atoms with Crippen molar-refractivity contribution in [3.8, 4) is 0 Å². The van der Waals surface area contributed by atoms with E-state index in [0.29, 0.717) is 22.6 Å². The van der Waals surface area contributed by atoms with Gasteiger partial charge in [-0.1, -0.05) is 24.3 Å². The first-order valence-corrected chi connectivity index (χ1v) is 10.6. The number of hydrogen-bond donors (Lipinski definition) is 2. The molecule has 2 N–H and O–H groups in total. The maximum Gasteiger partial charge on any atom is 0.418 e. The van der Waals surface area contributed by atoms with Crippen molar-refractivity contribution in [1.29, 1.82) is 0 Å². The SMILES string of the molecule is Cc1ccc2c(CC(=O)Nc3ccc(NC(=O)c4ccccc4F)cc3C(F)(F)F)coc2c1C. The quantitative estimate of drug-likeness (QED) is 0.312. The average molecular weight is 484 g/mol. The Hall–Kier alpha value is -4.14. The largest absolute Gasteiger partial charge is 0.464 e. The average Bonchev–Trinajstić information content (AvgIpc) is 3.20. The number of carbonyl (C=O) groups is 2. The van der Waals surface area contributed by atoms with Crippen molar-refractivity contribution in [2.45, 2.75) is 26.4 Å². The van der Waals surface area contributed by atoms with Gasteiger partial charge in [0.2, 0.25) is 5.91 Å². The molecule has 0 unspecified atom stereocenters. The van der Waals surface area contributed by atoms with Crippen LogP contribution < -0.4 is 10.6 Å². The Kier molecular flexibility index (Phi) is 6.34. The van der Waals surface area contributed by atoms with Crippen molar-refractivity contribution in [3.63, 3.8) is 0 Å². The highest BCUT2D eigenvalue weighted by atomic mass is 19.4. The number of aryl methyl sites for hydroxylation is 2.